The van der Waals surface area contributed by atoms with Crippen LogP contribution in [-0.4, -0.2) is 4.98 Å². The largest absolute Gasteiger partial charge is 0.433 e. The van der Waals surface area contributed by atoms with Gasteiger partial charge in [0.1, 0.15) is 5.69 Å². The third-order valence-corrected chi connectivity index (χ3v) is 1.74. The molecular formula is C13H22F3N. The zero-order valence-corrected chi connectivity index (χ0v) is 11.4. The predicted octanol–water partition coefficient (Wildman–Crippen LogP) is 5.28. The average molecular weight is 249 g/mol. The third-order valence-electron chi connectivity index (χ3n) is 1.74. The van der Waals surface area contributed by atoms with E-state index in [4.69, 9.17) is 0 Å². The molecule has 0 fully saturated rings. The Labute approximate surface area is 102 Å². The first kappa shape index (κ1) is 18.3. The normalized spacial score (nSPS) is 10.0. The van der Waals surface area contributed by atoms with Gasteiger partial charge in [0, 0.05) is 6.20 Å². The number of hydrogen-bond donors (Lipinski definition) is 0. The molecule has 1 aromatic heterocycles. The lowest BCUT2D eigenvalue weighted by molar-refractivity contribution is -0.141. The Balaban J connectivity index is 0. The molecule has 1 heterocycles. The highest BCUT2D eigenvalue weighted by molar-refractivity contribution is 5.18. The smallest absolute Gasteiger partial charge is 0.251 e. The van der Waals surface area contributed by atoms with Crippen LogP contribution in [-0.2, 0) is 6.18 Å². The first-order valence-corrected chi connectivity index (χ1v) is 5.94. The number of nitrogens with zero attached hydrogens (tertiary/aromatic N) is 1. The minimum atomic E-state index is -4.34. The van der Waals surface area contributed by atoms with Gasteiger partial charge in [0.15, 0.2) is 0 Å². The van der Waals surface area contributed by atoms with Gasteiger partial charge in [-0.1, -0.05) is 47.6 Å². The second-order valence-corrected chi connectivity index (χ2v) is 3.13. The maximum atomic E-state index is 12.1. The van der Waals surface area contributed by atoms with E-state index in [0.717, 1.165) is 11.6 Å². The van der Waals surface area contributed by atoms with Crippen LogP contribution in [0.2, 0.25) is 0 Å². The summed E-state index contributed by atoms with van der Waals surface area (Å²) >= 11 is 0. The van der Waals surface area contributed by atoms with Gasteiger partial charge >= 0.3 is 6.18 Å². The van der Waals surface area contributed by atoms with Crippen molar-refractivity contribution < 1.29 is 13.2 Å². The van der Waals surface area contributed by atoms with E-state index in [1.54, 1.807) is 0 Å². The van der Waals surface area contributed by atoms with E-state index in [1.165, 1.54) is 12.3 Å². The zero-order chi connectivity index (χ0) is 14.1. The second-order valence-electron chi connectivity index (χ2n) is 3.13. The lowest BCUT2D eigenvalue weighted by Gasteiger charge is -2.07. The van der Waals surface area contributed by atoms with E-state index in [9.17, 15) is 13.2 Å². The lowest BCUT2D eigenvalue weighted by Crippen LogP contribution is -2.07. The molecule has 0 amide bonds. The maximum Gasteiger partial charge on any atom is 0.433 e. The Kier molecular flexibility index (Phi) is 9.72. The van der Waals surface area contributed by atoms with Crippen molar-refractivity contribution in [3.63, 3.8) is 0 Å². The quantitative estimate of drug-likeness (QED) is 0.660. The highest BCUT2D eigenvalue weighted by Crippen LogP contribution is 2.27. The number of pyridine rings is 1. The molecule has 0 saturated heterocycles. The summed E-state index contributed by atoms with van der Waals surface area (Å²) in [6, 6.07) is 2.47. The molecule has 17 heavy (non-hydrogen) atoms. The summed E-state index contributed by atoms with van der Waals surface area (Å²) < 4.78 is 36.2. The number of alkyl halides is 3. The van der Waals surface area contributed by atoms with Crippen LogP contribution in [0.15, 0.2) is 18.3 Å². The lowest BCUT2D eigenvalue weighted by atomic mass is 10.1. The average Bonchev–Trinajstić information content (AvgIpc) is 2.33. The molecule has 1 rings (SSSR count). The van der Waals surface area contributed by atoms with Crippen LogP contribution < -0.4 is 0 Å². The minimum Gasteiger partial charge on any atom is -0.251 e. The molecule has 0 N–H and O–H groups in total. The van der Waals surface area contributed by atoms with Crippen LogP contribution in [0.25, 0.3) is 0 Å². The molecule has 0 aliphatic carbocycles. The summed E-state index contributed by atoms with van der Waals surface area (Å²) in [6.45, 7) is 11.8. The van der Waals surface area contributed by atoms with Crippen molar-refractivity contribution in [1.29, 1.82) is 0 Å². The maximum absolute atomic E-state index is 12.1. The van der Waals surface area contributed by atoms with Crippen molar-refractivity contribution in [2.45, 2.75) is 53.6 Å². The summed E-state index contributed by atoms with van der Waals surface area (Å²) in [6.07, 6.45) is -3.07. The van der Waals surface area contributed by atoms with Gasteiger partial charge in [0.2, 0.25) is 0 Å². The van der Waals surface area contributed by atoms with E-state index < -0.39 is 11.9 Å². The fraction of sp³-hybridized carbons (Fsp3) is 0.615. The first-order chi connectivity index (χ1) is 7.91. The predicted molar refractivity (Wildman–Crippen MR) is 66.0 cm³/mol. The SMILES string of the molecule is CC.CC.CC(C)c1ccc(C(F)(F)F)nc1. The topological polar surface area (TPSA) is 12.9 Å². The van der Waals surface area contributed by atoms with Crippen molar-refractivity contribution in [2.75, 3.05) is 0 Å². The van der Waals surface area contributed by atoms with Crippen LogP contribution >= 0.6 is 0 Å². The molecule has 0 aliphatic heterocycles. The molecule has 0 saturated carbocycles. The van der Waals surface area contributed by atoms with Gasteiger partial charge in [0.25, 0.3) is 0 Å². The first-order valence-electron chi connectivity index (χ1n) is 5.94. The van der Waals surface area contributed by atoms with Gasteiger partial charge in [0.05, 0.1) is 0 Å². The van der Waals surface area contributed by atoms with Gasteiger partial charge in [-0.15, -0.1) is 0 Å². The third kappa shape index (κ3) is 6.97. The van der Waals surface area contributed by atoms with Crippen LogP contribution in [0.1, 0.15) is 58.7 Å². The van der Waals surface area contributed by atoms with Gasteiger partial charge in [-0.05, 0) is 17.5 Å². The Morgan fingerprint density at radius 1 is 1.00 bits per heavy atom. The van der Waals surface area contributed by atoms with E-state index >= 15 is 0 Å². The van der Waals surface area contributed by atoms with Crippen LogP contribution in [0.4, 0.5) is 13.2 Å². The van der Waals surface area contributed by atoms with E-state index in [2.05, 4.69) is 4.98 Å². The monoisotopic (exact) mass is 249 g/mol. The Hall–Kier alpha value is -1.06. The Bertz CT molecular complexity index is 276. The molecule has 0 spiro atoms. The second kappa shape index (κ2) is 9.02. The van der Waals surface area contributed by atoms with Gasteiger partial charge < -0.3 is 0 Å². The summed E-state index contributed by atoms with van der Waals surface area (Å²) in [5.74, 6) is 0.204. The van der Waals surface area contributed by atoms with Gasteiger partial charge in [-0.3, -0.25) is 4.98 Å². The molecule has 4 heteroatoms. The number of rotatable bonds is 1. The number of halogens is 3. The molecule has 0 aromatic carbocycles. The van der Waals surface area contributed by atoms with E-state index in [-0.39, 0.29) is 5.92 Å². The summed E-state index contributed by atoms with van der Waals surface area (Å²) in [4.78, 5) is 3.35. The molecule has 0 unspecified atom stereocenters. The fourth-order valence-electron chi connectivity index (χ4n) is 0.915. The molecule has 0 bridgehead atoms. The van der Waals surface area contributed by atoms with Crippen molar-refractivity contribution >= 4 is 0 Å². The summed E-state index contributed by atoms with van der Waals surface area (Å²) in [5.41, 5.74) is -0.0232. The minimum absolute atomic E-state index is 0.204. The number of aromatic nitrogens is 1. The van der Waals surface area contributed by atoms with Crippen LogP contribution in [0, 0.1) is 0 Å². The van der Waals surface area contributed by atoms with Gasteiger partial charge in [-0.2, -0.15) is 13.2 Å². The zero-order valence-electron chi connectivity index (χ0n) is 11.4. The van der Waals surface area contributed by atoms with E-state index in [0.29, 0.717) is 0 Å². The molecule has 0 atom stereocenters. The van der Waals surface area contributed by atoms with Crippen molar-refractivity contribution in [3.8, 4) is 0 Å². The molecular weight excluding hydrogens is 227 g/mol. The molecule has 0 radical (unpaired) electrons. The molecule has 1 aromatic rings. The van der Waals surface area contributed by atoms with Crippen molar-refractivity contribution in [2.24, 2.45) is 0 Å². The summed E-state index contributed by atoms with van der Waals surface area (Å²) in [5, 5.41) is 0. The standard InChI is InChI=1S/C9H10F3N.2C2H6/c1-6(2)7-3-4-8(13-5-7)9(10,11)12;2*1-2/h3-6H,1-2H3;2*1-2H3. The van der Waals surface area contributed by atoms with Crippen LogP contribution in [0.3, 0.4) is 0 Å². The Morgan fingerprint density at radius 3 is 1.71 bits per heavy atom. The molecule has 1 nitrogen and oxygen atoms in total. The highest BCUT2D eigenvalue weighted by Gasteiger charge is 2.31. The van der Waals surface area contributed by atoms with E-state index in [1.807, 2.05) is 41.5 Å². The van der Waals surface area contributed by atoms with Crippen LogP contribution in [0.5, 0.6) is 0 Å². The van der Waals surface area contributed by atoms with Crippen molar-refractivity contribution in [1.82, 2.24) is 4.98 Å². The summed E-state index contributed by atoms with van der Waals surface area (Å²) in [7, 11) is 0. The highest BCUT2D eigenvalue weighted by atomic mass is 19.4. The fourth-order valence-corrected chi connectivity index (χ4v) is 0.915. The number of hydrogen-bond acceptors (Lipinski definition) is 1. The molecule has 100 valence electrons. The van der Waals surface area contributed by atoms with Gasteiger partial charge in [-0.25, -0.2) is 0 Å². The van der Waals surface area contributed by atoms with Crippen molar-refractivity contribution in [3.05, 3.63) is 29.6 Å². The molecule has 0 aliphatic rings. The Morgan fingerprint density at radius 2 is 1.47 bits per heavy atom.